The molecule has 0 spiro atoms. The fourth-order valence-electron chi connectivity index (χ4n) is 2.96. The second-order valence-corrected chi connectivity index (χ2v) is 5.45. The second kappa shape index (κ2) is 5.55. The highest BCUT2D eigenvalue weighted by Gasteiger charge is 2.36. The summed E-state index contributed by atoms with van der Waals surface area (Å²) in [6, 6.07) is 5.66. The summed E-state index contributed by atoms with van der Waals surface area (Å²) in [7, 11) is 0. The maximum Gasteiger partial charge on any atom is 0.307 e. The van der Waals surface area contributed by atoms with E-state index in [0.29, 0.717) is 18.4 Å². The minimum Gasteiger partial charge on any atom is -0.481 e. The van der Waals surface area contributed by atoms with Gasteiger partial charge < -0.3 is 5.11 Å². The Morgan fingerprint density at radius 2 is 1.74 bits per heavy atom. The molecule has 3 heteroatoms. The summed E-state index contributed by atoms with van der Waals surface area (Å²) in [6.07, 6.45) is 3.18. The van der Waals surface area contributed by atoms with Crippen LogP contribution >= 0.6 is 0 Å². The number of aryl methyl sites for hydroxylation is 1. The van der Waals surface area contributed by atoms with Crippen LogP contribution in [0.1, 0.15) is 47.2 Å². The van der Waals surface area contributed by atoms with Gasteiger partial charge in [-0.05, 0) is 37.8 Å². The van der Waals surface area contributed by atoms with Crippen LogP contribution in [0.15, 0.2) is 18.2 Å². The number of aliphatic carboxylic acids is 1. The van der Waals surface area contributed by atoms with E-state index in [4.69, 9.17) is 0 Å². The highest BCUT2D eigenvalue weighted by Crippen LogP contribution is 2.33. The lowest BCUT2D eigenvalue weighted by Gasteiger charge is -2.28. The zero-order valence-corrected chi connectivity index (χ0v) is 11.5. The smallest absolute Gasteiger partial charge is 0.307 e. The molecule has 1 fully saturated rings. The van der Waals surface area contributed by atoms with Crippen LogP contribution in [0.3, 0.4) is 0 Å². The Bertz CT molecular complexity index is 505. The summed E-state index contributed by atoms with van der Waals surface area (Å²) < 4.78 is 0. The molecule has 0 heterocycles. The van der Waals surface area contributed by atoms with Gasteiger partial charge in [0.15, 0.2) is 5.78 Å². The number of carboxylic acids is 1. The van der Waals surface area contributed by atoms with Gasteiger partial charge in [-0.15, -0.1) is 0 Å². The molecule has 2 rings (SSSR count). The number of carbonyl (C=O) groups excluding carboxylic acids is 1. The topological polar surface area (TPSA) is 54.4 Å². The zero-order chi connectivity index (χ0) is 14.0. The molecule has 19 heavy (non-hydrogen) atoms. The second-order valence-electron chi connectivity index (χ2n) is 5.45. The molecule has 1 aliphatic rings. The first kappa shape index (κ1) is 13.8. The first-order valence-corrected chi connectivity index (χ1v) is 6.85. The molecular formula is C16H20O3. The molecule has 0 aromatic heterocycles. The van der Waals surface area contributed by atoms with Gasteiger partial charge in [0, 0.05) is 11.5 Å². The summed E-state index contributed by atoms with van der Waals surface area (Å²) in [4.78, 5) is 23.9. The van der Waals surface area contributed by atoms with Crippen LogP contribution in [0.2, 0.25) is 0 Å². The van der Waals surface area contributed by atoms with Crippen molar-refractivity contribution in [1.29, 1.82) is 0 Å². The minimum atomic E-state index is -0.830. The van der Waals surface area contributed by atoms with Crippen molar-refractivity contribution in [3.05, 3.63) is 34.9 Å². The number of carbonyl (C=O) groups is 2. The molecule has 102 valence electrons. The monoisotopic (exact) mass is 260 g/mol. The third kappa shape index (κ3) is 2.70. The molecule has 1 aromatic carbocycles. The van der Waals surface area contributed by atoms with Crippen LogP contribution in [0, 0.1) is 25.7 Å². The number of carboxylic acid groups (broad SMARTS) is 1. The molecule has 0 unspecified atom stereocenters. The molecule has 0 aliphatic heterocycles. The van der Waals surface area contributed by atoms with Gasteiger partial charge in [-0.25, -0.2) is 0 Å². The lowest BCUT2D eigenvalue weighted by Crippen LogP contribution is -2.33. The van der Waals surface area contributed by atoms with Crippen molar-refractivity contribution in [3.8, 4) is 0 Å². The maximum atomic E-state index is 12.6. The van der Waals surface area contributed by atoms with Crippen molar-refractivity contribution < 1.29 is 14.7 Å². The van der Waals surface area contributed by atoms with Crippen LogP contribution in [0.5, 0.6) is 0 Å². The van der Waals surface area contributed by atoms with Crippen LogP contribution in [-0.4, -0.2) is 16.9 Å². The van der Waals surface area contributed by atoms with Crippen LogP contribution in [0.4, 0.5) is 0 Å². The molecule has 1 saturated carbocycles. The van der Waals surface area contributed by atoms with Gasteiger partial charge in [-0.1, -0.05) is 31.0 Å². The quantitative estimate of drug-likeness (QED) is 0.848. The van der Waals surface area contributed by atoms with Crippen molar-refractivity contribution in [2.24, 2.45) is 11.8 Å². The number of rotatable bonds is 3. The molecule has 2 atom stereocenters. The molecule has 3 nitrogen and oxygen atoms in total. The lowest BCUT2D eigenvalue weighted by molar-refractivity contribution is -0.144. The normalized spacial score (nSPS) is 23.1. The predicted molar refractivity (Wildman–Crippen MR) is 73.3 cm³/mol. The molecule has 0 saturated heterocycles. The number of hydrogen-bond acceptors (Lipinski definition) is 2. The number of Topliss-reactive ketones (excluding diaryl/α,β-unsaturated/α-hetero) is 1. The number of hydrogen-bond donors (Lipinski definition) is 1. The Kier molecular flexibility index (Phi) is 4.03. The van der Waals surface area contributed by atoms with E-state index >= 15 is 0 Å². The third-order valence-electron chi connectivity index (χ3n) is 4.29. The lowest BCUT2D eigenvalue weighted by atomic mass is 9.75. The van der Waals surface area contributed by atoms with E-state index in [0.717, 1.165) is 24.0 Å². The average molecular weight is 260 g/mol. The van der Waals surface area contributed by atoms with Gasteiger partial charge in [0.1, 0.15) is 0 Å². The fraction of sp³-hybridized carbons (Fsp3) is 0.500. The summed E-state index contributed by atoms with van der Waals surface area (Å²) in [5.41, 5.74) is 2.74. The van der Waals surface area contributed by atoms with E-state index in [1.54, 1.807) is 0 Å². The van der Waals surface area contributed by atoms with E-state index < -0.39 is 11.9 Å². The SMILES string of the molecule is Cc1cccc(C(=O)[C@H]2CCCC[C@H]2C(=O)O)c1C. The van der Waals surface area contributed by atoms with E-state index in [1.807, 2.05) is 32.0 Å². The standard InChI is InChI=1S/C16H20O3/c1-10-6-5-9-12(11(10)2)15(17)13-7-3-4-8-14(13)16(18)19/h5-6,9,13-14H,3-4,7-8H2,1-2H3,(H,18,19)/t13-,14+/m0/s1. The Labute approximate surface area is 113 Å². The number of benzene rings is 1. The first-order chi connectivity index (χ1) is 9.02. The Morgan fingerprint density at radius 1 is 1.11 bits per heavy atom. The van der Waals surface area contributed by atoms with Crippen molar-refractivity contribution in [3.63, 3.8) is 0 Å². The molecule has 1 aromatic rings. The fourth-order valence-corrected chi connectivity index (χ4v) is 2.96. The summed E-state index contributed by atoms with van der Waals surface area (Å²) in [6.45, 7) is 3.91. The van der Waals surface area contributed by atoms with E-state index in [2.05, 4.69) is 0 Å². The number of ketones is 1. The molecule has 0 amide bonds. The summed E-state index contributed by atoms with van der Waals surface area (Å²) in [5, 5.41) is 9.28. The van der Waals surface area contributed by atoms with E-state index in [1.165, 1.54) is 0 Å². The van der Waals surface area contributed by atoms with Crippen LogP contribution in [-0.2, 0) is 4.79 Å². The van der Waals surface area contributed by atoms with Gasteiger partial charge in [-0.3, -0.25) is 9.59 Å². The van der Waals surface area contributed by atoms with Gasteiger partial charge >= 0.3 is 5.97 Å². The Balaban J connectivity index is 2.31. The van der Waals surface area contributed by atoms with Gasteiger partial charge in [0.05, 0.1) is 5.92 Å². The van der Waals surface area contributed by atoms with E-state index in [-0.39, 0.29) is 11.7 Å². The van der Waals surface area contributed by atoms with E-state index in [9.17, 15) is 14.7 Å². The average Bonchev–Trinajstić information content (AvgIpc) is 2.41. The van der Waals surface area contributed by atoms with Crippen molar-refractivity contribution >= 4 is 11.8 Å². The van der Waals surface area contributed by atoms with Crippen molar-refractivity contribution in [2.75, 3.05) is 0 Å². The summed E-state index contributed by atoms with van der Waals surface area (Å²) in [5.74, 6) is -1.69. The maximum absolute atomic E-state index is 12.6. The Morgan fingerprint density at radius 3 is 2.37 bits per heavy atom. The molecule has 1 N–H and O–H groups in total. The van der Waals surface area contributed by atoms with Crippen LogP contribution in [0.25, 0.3) is 0 Å². The first-order valence-electron chi connectivity index (χ1n) is 6.85. The van der Waals surface area contributed by atoms with Crippen molar-refractivity contribution in [1.82, 2.24) is 0 Å². The van der Waals surface area contributed by atoms with Gasteiger partial charge in [0.2, 0.25) is 0 Å². The third-order valence-corrected chi connectivity index (χ3v) is 4.29. The summed E-state index contributed by atoms with van der Waals surface area (Å²) >= 11 is 0. The molecule has 1 aliphatic carbocycles. The minimum absolute atomic E-state index is 0.00769. The predicted octanol–water partition coefficient (Wildman–Crippen LogP) is 3.38. The highest BCUT2D eigenvalue weighted by molar-refractivity contribution is 6.01. The van der Waals surface area contributed by atoms with Crippen molar-refractivity contribution in [2.45, 2.75) is 39.5 Å². The van der Waals surface area contributed by atoms with Crippen LogP contribution < -0.4 is 0 Å². The Hall–Kier alpha value is -1.64. The molecule has 0 radical (unpaired) electrons. The molecule has 0 bridgehead atoms. The zero-order valence-electron chi connectivity index (χ0n) is 11.5. The molecular weight excluding hydrogens is 240 g/mol. The van der Waals surface area contributed by atoms with Gasteiger partial charge in [-0.2, -0.15) is 0 Å². The van der Waals surface area contributed by atoms with Gasteiger partial charge in [0.25, 0.3) is 0 Å². The largest absolute Gasteiger partial charge is 0.481 e. The highest BCUT2D eigenvalue weighted by atomic mass is 16.4.